The van der Waals surface area contributed by atoms with Gasteiger partial charge in [-0.1, -0.05) is 30.3 Å². The molecule has 3 rings (SSSR count). The van der Waals surface area contributed by atoms with Gasteiger partial charge in [-0.05, 0) is 35.6 Å². The number of carbonyl (C=O) groups is 1. The summed E-state index contributed by atoms with van der Waals surface area (Å²) >= 11 is 0. The number of aryl methyl sites for hydroxylation is 1. The number of carboxylic acids is 1. The zero-order chi connectivity index (χ0) is 14.8. The Hall–Kier alpha value is -2.20. The summed E-state index contributed by atoms with van der Waals surface area (Å²) in [6.07, 6.45) is 4.51. The first-order valence-electron chi connectivity index (χ1n) is 7.10. The highest BCUT2D eigenvalue weighted by Crippen LogP contribution is 2.31. The maximum absolute atomic E-state index is 11.7. The van der Waals surface area contributed by atoms with E-state index in [1.165, 1.54) is 0 Å². The predicted octanol–water partition coefficient (Wildman–Crippen LogP) is 2.57. The van der Waals surface area contributed by atoms with Gasteiger partial charge in [0.05, 0.1) is 0 Å². The number of rotatable bonds is 3. The maximum atomic E-state index is 11.7. The molecular weight excluding hydrogens is 264 g/mol. The lowest BCUT2D eigenvalue weighted by Crippen LogP contribution is -2.39. The number of hydrogen-bond acceptors (Lipinski definition) is 3. The number of benzene rings is 1. The minimum atomic E-state index is -0.789. The summed E-state index contributed by atoms with van der Waals surface area (Å²) in [5, 5.41) is 9.63. The molecule has 1 aliphatic heterocycles. The molecule has 0 amide bonds. The molecule has 1 aromatic carbocycles. The normalized spacial score (nSPS) is 18.2. The van der Waals surface area contributed by atoms with Crippen molar-refractivity contribution in [3.8, 4) is 0 Å². The lowest BCUT2D eigenvalue weighted by Gasteiger charge is -2.34. The molecule has 4 heteroatoms. The van der Waals surface area contributed by atoms with E-state index in [2.05, 4.69) is 11.1 Å². The van der Waals surface area contributed by atoms with Crippen LogP contribution in [0.3, 0.4) is 0 Å². The van der Waals surface area contributed by atoms with Gasteiger partial charge >= 0.3 is 5.97 Å². The molecule has 1 atom stereocenters. The van der Waals surface area contributed by atoms with Crippen LogP contribution in [-0.4, -0.2) is 27.5 Å². The Morgan fingerprint density at radius 2 is 2.19 bits per heavy atom. The summed E-state index contributed by atoms with van der Waals surface area (Å²) in [5.41, 5.74) is 4.21. The van der Waals surface area contributed by atoms with E-state index in [1.807, 2.05) is 48.5 Å². The molecule has 4 nitrogen and oxygen atoms in total. The summed E-state index contributed by atoms with van der Waals surface area (Å²) in [6, 6.07) is 9.32. The molecule has 1 aromatic heterocycles. The van der Waals surface area contributed by atoms with E-state index in [9.17, 15) is 9.90 Å². The van der Waals surface area contributed by atoms with E-state index in [-0.39, 0.29) is 0 Å². The second kappa shape index (κ2) is 5.66. The van der Waals surface area contributed by atoms with E-state index in [0.717, 1.165) is 35.2 Å². The van der Waals surface area contributed by atoms with Gasteiger partial charge in [0.1, 0.15) is 6.04 Å². The molecule has 2 heterocycles. The average molecular weight is 282 g/mol. The third kappa shape index (κ3) is 2.81. The molecule has 0 aliphatic carbocycles. The van der Waals surface area contributed by atoms with Crippen LogP contribution in [-0.2, 0) is 17.8 Å². The Morgan fingerprint density at radius 1 is 1.38 bits per heavy atom. The largest absolute Gasteiger partial charge is 0.480 e. The molecule has 108 valence electrons. The molecule has 0 spiro atoms. The molecule has 1 aliphatic rings. The fourth-order valence-corrected chi connectivity index (χ4v) is 3.02. The van der Waals surface area contributed by atoms with Crippen molar-refractivity contribution in [2.45, 2.75) is 25.9 Å². The van der Waals surface area contributed by atoms with Crippen molar-refractivity contribution < 1.29 is 9.90 Å². The third-order valence-corrected chi connectivity index (χ3v) is 3.93. The van der Waals surface area contributed by atoms with Crippen LogP contribution in [0.15, 0.2) is 42.7 Å². The van der Waals surface area contributed by atoms with Crippen LogP contribution < -0.4 is 0 Å². The smallest absolute Gasteiger partial charge is 0.325 e. The SMILES string of the molecule is Cc1cncc(CN2CCc3ccccc3C2C(=O)O)c1. The lowest BCUT2D eigenvalue weighted by atomic mass is 9.92. The highest BCUT2D eigenvalue weighted by atomic mass is 16.4. The van der Waals surface area contributed by atoms with Crippen LogP contribution in [0.2, 0.25) is 0 Å². The van der Waals surface area contributed by atoms with Crippen LogP contribution in [0.1, 0.15) is 28.3 Å². The Morgan fingerprint density at radius 3 is 2.95 bits per heavy atom. The second-order valence-electron chi connectivity index (χ2n) is 5.53. The highest BCUT2D eigenvalue weighted by Gasteiger charge is 2.32. The Bertz CT molecular complexity index is 669. The predicted molar refractivity (Wildman–Crippen MR) is 79.9 cm³/mol. The molecule has 1 N–H and O–H groups in total. The van der Waals surface area contributed by atoms with Crippen LogP contribution >= 0.6 is 0 Å². The molecular formula is C17H18N2O2. The van der Waals surface area contributed by atoms with Crippen molar-refractivity contribution >= 4 is 5.97 Å². The molecule has 0 bridgehead atoms. The van der Waals surface area contributed by atoms with Gasteiger partial charge in [0.2, 0.25) is 0 Å². The topological polar surface area (TPSA) is 53.4 Å². The number of aliphatic carboxylic acids is 1. The minimum absolute atomic E-state index is 0.574. The fourth-order valence-electron chi connectivity index (χ4n) is 3.02. The first-order valence-corrected chi connectivity index (χ1v) is 7.10. The van der Waals surface area contributed by atoms with Gasteiger partial charge in [-0.15, -0.1) is 0 Å². The van der Waals surface area contributed by atoms with E-state index >= 15 is 0 Å². The molecule has 0 saturated carbocycles. The Labute approximate surface area is 124 Å². The second-order valence-corrected chi connectivity index (χ2v) is 5.53. The van der Waals surface area contributed by atoms with Gasteiger partial charge in [0, 0.05) is 25.5 Å². The van der Waals surface area contributed by atoms with E-state index in [4.69, 9.17) is 0 Å². The third-order valence-electron chi connectivity index (χ3n) is 3.93. The van der Waals surface area contributed by atoms with E-state index < -0.39 is 12.0 Å². The summed E-state index contributed by atoms with van der Waals surface area (Å²) < 4.78 is 0. The number of hydrogen-bond donors (Lipinski definition) is 1. The fraction of sp³-hybridized carbons (Fsp3) is 0.294. The van der Waals surface area contributed by atoms with E-state index in [0.29, 0.717) is 6.54 Å². The molecule has 0 fully saturated rings. The van der Waals surface area contributed by atoms with Gasteiger partial charge in [-0.3, -0.25) is 14.7 Å². The van der Waals surface area contributed by atoms with Crippen molar-refractivity contribution in [3.05, 3.63) is 65.0 Å². The Balaban J connectivity index is 1.91. The standard InChI is InChI=1S/C17H18N2O2/c1-12-8-13(10-18-9-12)11-19-7-6-14-4-2-3-5-15(14)16(19)17(20)21/h2-5,8-10,16H,6-7,11H2,1H3,(H,20,21). The van der Waals surface area contributed by atoms with Crippen LogP contribution in [0.4, 0.5) is 0 Å². The maximum Gasteiger partial charge on any atom is 0.325 e. The summed E-state index contributed by atoms with van der Waals surface area (Å²) in [4.78, 5) is 17.9. The molecule has 1 unspecified atom stereocenters. The average Bonchev–Trinajstić information content (AvgIpc) is 2.46. The van der Waals surface area contributed by atoms with Crippen molar-refractivity contribution in [2.75, 3.05) is 6.54 Å². The number of pyridine rings is 1. The monoisotopic (exact) mass is 282 g/mol. The lowest BCUT2D eigenvalue weighted by molar-refractivity contribution is -0.144. The number of carboxylic acid groups (broad SMARTS) is 1. The van der Waals surface area contributed by atoms with Gasteiger partial charge < -0.3 is 5.11 Å². The molecule has 0 radical (unpaired) electrons. The number of nitrogens with zero attached hydrogens (tertiary/aromatic N) is 2. The van der Waals surface area contributed by atoms with Gasteiger partial charge in [0.15, 0.2) is 0 Å². The van der Waals surface area contributed by atoms with Gasteiger partial charge in [0.25, 0.3) is 0 Å². The van der Waals surface area contributed by atoms with Crippen LogP contribution in [0.25, 0.3) is 0 Å². The first kappa shape index (κ1) is 13.8. The molecule has 21 heavy (non-hydrogen) atoms. The number of fused-ring (bicyclic) bond motifs is 1. The molecule has 2 aromatic rings. The minimum Gasteiger partial charge on any atom is -0.480 e. The van der Waals surface area contributed by atoms with Gasteiger partial charge in [-0.2, -0.15) is 0 Å². The van der Waals surface area contributed by atoms with Crippen molar-refractivity contribution in [1.29, 1.82) is 0 Å². The Kier molecular flexibility index (Phi) is 3.71. The number of aromatic nitrogens is 1. The summed E-state index contributed by atoms with van der Waals surface area (Å²) in [6.45, 7) is 3.36. The van der Waals surface area contributed by atoms with Crippen molar-refractivity contribution in [1.82, 2.24) is 9.88 Å². The van der Waals surface area contributed by atoms with E-state index in [1.54, 1.807) is 0 Å². The van der Waals surface area contributed by atoms with Crippen LogP contribution in [0.5, 0.6) is 0 Å². The summed E-state index contributed by atoms with van der Waals surface area (Å²) in [7, 11) is 0. The first-order chi connectivity index (χ1) is 10.1. The van der Waals surface area contributed by atoms with Crippen molar-refractivity contribution in [3.63, 3.8) is 0 Å². The summed E-state index contributed by atoms with van der Waals surface area (Å²) in [5.74, 6) is -0.789. The zero-order valence-corrected chi connectivity index (χ0v) is 12.0. The zero-order valence-electron chi connectivity index (χ0n) is 12.0. The van der Waals surface area contributed by atoms with Gasteiger partial charge in [-0.25, -0.2) is 0 Å². The molecule has 0 saturated heterocycles. The van der Waals surface area contributed by atoms with Crippen molar-refractivity contribution in [2.24, 2.45) is 0 Å². The highest BCUT2D eigenvalue weighted by molar-refractivity contribution is 5.76. The van der Waals surface area contributed by atoms with Crippen LogP contribution in [0, 0.1) is 6.92 Å². The quantitative estimate of drug-likeness (QED) is 0.940.